The number of rotatable bonds is 6. The van der Waals surface area contributed by atoms with E-state index in [9.17, 15) is 0 Å². The second-order valence-electron chi connectivity index (χ2n) is 1.48. The topological polar surface area (TPSA) is 27.7 Å². The van der Waals surface area contributed by atoms with Gasteiger partial charge in [-0.05, 0) is 20.8 Å². The van der Waals surface area contributed by atoms with Crippen LogP contribution in [0.1, 0.15) is 20.8 Å². The Hall–Kier alpha value is 1.56. The summed E-state index contributed by atoms with van der Waals surface area (Å²) in [6.45, 7) is 7.71. The molecule has 0 aromatic rings. The average molecular weight is 357 g/mol. The van der Waals surface area contributed by atoms with Crippen LogP contribution in [0, 0.1) is 0 Å². The molecule has 0 spiro atoms. The van der Waals surface area contributed by atoms with E-state index in [2.05, 4.69) is 12.8 Å². The summed E-state index contributed by atoms with van der Waals surface area (Å²) in [5.41, 5.74) is 0. The molecule has 0 aliphatic rings. The van der Waals surface area contributed by atoms with Crippen molar-refractivity contribution in [3.8, 4) is 0 Å². The van der Waals surface area contributed by atoms with Crippen molar-refractivity contribution < 1.29 is 26.3 Å². The van der Waals surface area contributed by atoms with E-state index in [1.165, 1.54) is 0 Å². The second-order valence-corrected chi connectivity index (χ2v) is 2.70. The molecular formula is C6H15CuIO3P. The van der Waals surface area contributed by atoms with Gasteiger partial charge in [-0.2, -0.15) is 0 Å². The molecule has 6 heteroatoms. The van der Waals surface area contributed by atoms with Crippen LogP contribution in [0.25, 0.3) is 0 Å². The summed E-state index contributed by atoms with van der Waals surface area (Å²) in [4.78, 5) is 0. The third-order valence-electron chi connectivity index (χ3n) is 0.704. The van der Waals surface area contributed by atoms with Gasteiger partial charge in [0.2, 0.25) is 0 Å². The summed E-state index contributed by atoms with van der Waals surface area (Å²) in [6.07, 6.45) is 0. The molecule has 0 saturated heterocycles. The van der Waals surface area contributed by atoms with Crippen LogP contribution in [0.5, 0.6) is 0 Å². The van der Waals surface area contributed by atoms with Gasteiger partial charge >= 0.3 is 41.7 Å². The first-order valence-corrected chi connectivity index (χ1v) is 7.78. The van der Waals surface area contributed by atoms with Crippen molar-refractivity contribution in [3.63, 3.8) is 0 Å². The molecule has 0 aromatic carbocycles. The van der Waals surface area contributed by atoms with E-state index in [4.69, 9.17) is 13.6 Å². The quantitative estimate of drug-likeness (QED) is 0.415. The van der Waals surface area contributed by atoms with Gasteiger partial charge in [0.1, 0.15) is 0 Å². The zero-order chi connectivity index (χ0) is 9.82. The van der Waals surface area contributed by atoms with Crippen molar-refractivity contribution in [1.29, 1.82) is 0 Å². The van der Waals surface area contributed by atoms with Gasteiger partial charge in [-0.25, -0.2) is 0 Å². The molecule has 0 amide bonds. The zero-order valence-corrected chi connectivity index (χ0v) is 11.5. The molecular weight excluding hydrogens is 341 g/mol. The molecule has 0 N–H and O–H groups in total. The fraction of sp³-hybridized carbons (Fsp3) is 1.00. The van der Waals surface area contributed by atoms with E-state index in [1.54, 1.807) is 20.3 Å². The van der Waals surface area contributed by atoms with Crippen LogP contribution in [-0.2, 0) is 26.3 Å². The molecule has 80 valence electrons. The summed E-state index contributed by atoms with van der Waals surface area (Å²) in [6, 6.07) is 0. The Kier molecular flexibility index (Phi) is 20.1. The summed E-state index contributed by atoms with van der Waals surface area (Å²) in [5, 5.41) is 0. The van der Waals surface area contributed by atoms with Gasteiger partial charge < -0.3 is 13.6 Å². The Balaban J connectivity index is 0. The molecule has 0 heterocycles. The number of hydrogen-bond acceptors (Lipinski definition) is 3. The van der Waals surface area contributed by atoms with Crippen LogP contribution >= 0.6 is 28.9 Å². The number of halogens is 1. The summed E-state index contributed by atoms with van der Waals surface area (Å²) < 4.78 is 15.4. The summed E-state index contributed by atoms with van der Waals surface area (Å²) in [5.74, 6) is 0. The fourth-order valence-electron chi connectivity index (χ4n) is 0.428. The monoisotopic (exact) mass is 356 g/mol. The molecule has 0 aromatic heterocycles. The molecule has 0 fully saturated rings. The molecule has 0 aliphatic heterocycles. The third kappa shape index (κ3) is 11.6. The van der Waals surface area contributed by atoms with Gasteiger partial charge in [-0.15, -0.1) is 0 Å². The van der Waals surface area contributed by atoms with E-state index in [-0.39, 0.29) is 0 Å². The molecule has 0 saturated carbocycles. The van der Waals surface area contributed by atoms with Crippen molar-refractivity contribution in [2.45, 2.75) is 20.8 Å². The average Bonchev–Trinajstić information content (AvgIpc) is 2.10. The van der Waals surface area contributed by atoms with Crippen LogP contribution in [0.2, 0.25) is 0 Å². The maximum atomic E-state index is 5.14. The van der Waals surface area contributed by atoms with Crippen molar-refractivity contribution in [1.82, 2.24) is 0 Å². The van der Waals surface area contributed by atoms with E-state index >= 15 is 0 Å². The van der Waals surface area contributed by atoms with Crippen molar-refractivity contribution in [2.24, 2.45) is 0 Å². The van der Waals surface area contributed by atoms with Crippen LogP contribution in [0.15, 0.2) is 0 Å². The standard InChI is InChI=1S/C6H15O3P.Cu.HI/c1-4-7-10(8-5-2)9-6-3;;/h4-6H2,1-3H3;;1H/q;+1;/p-1. The van der Waals surface area contributed by atoms with Crippen LogP contribution in [-0.4, -0.2) is 19.8 Å². The van der Waals surface area contributed by atoms with E-state index in [0.29, 0.717) is 19.8 Å². The third-order valence-corrected chi connectivity index (χ3v) is 2.11. The van der Waals surface area contributed by atoms with Crippen LogP contribution < -0.4 is 0 Å². The Morgan fingerprint density at radius 3 is 1.33 bits per heavy atom. The minimum absolute atomic E-state index is 0.645. The Morgan fingerprint density at radius 2 is 1.17 bits per heavy atom. The van der Waals surface area contributed by atoms with Crippen molar-refractivity contribution >= 4 is 28.9 Å². The molecule has 0 unspecified atom stereocenters. The second kappa shape index (κ2) is 15.1. The molecule has 0 rings (SSSR count). The van der Waals surface area contributed by atoms with E-state index < -0.39 is 8.60 Å². The zero-order valence-electron chi connectivity index (χ0n) is 7.47. The summed E-state index contributed by atoms with van der Waals surface area (Å²) in [7, 11) is -1.06. The Morgan fingerprint density at radius 1 is 0.917 bits per heavy atom. The first kappa shape index (κ1) is 16.0. The van der Waals surface area contributed by atoms with Gasteiger partial charge in [0.05, 0.1) is 19.8 Å². The number of hydrogen-bond donors (Lipinski definition) is 0. The van der Waals surface area contributed by atoms with Gasteiger partial charge in [0.25, 0.3) is 0 Å². The SMILES string of the molecule is CCOP(OCC)OCC.[Cu][I]. The Bertz CT molecular complexity index is 65.5. The molecule has 0 aliphatic carbocycles. The molecule has 0 atom stereocenters. The fourth-order valence-corrected chi connectivity index (χ4v) is 1.28. The van der Waals surface area contributed by atoms with Crippen molar-refractivity contribution in [3.05, 3.63) is 0 Å². The van der Waals surface area contributed by atoms with E-state index in [1.807, 2.05) is 20.8 Å². The summed E-state index contributed by atoms with van der Waals surface area (Å²) >= 11 is 5.87. The van der Waals surface area contributed by atoms with Gasteiger partial charge in [-0.1, -0.05) is 0 Å². The predicted octanol–water partition coefficient (Wildman–Crippen LogP) is 3.21. The van der Waals surface area contributed by atoms with Gasteiger partial charge in [0.15, 0.2) is 0 Å². The molecule has 0 radical (unpaired) electrons. The maximum absolute atomic E-state index is 5.14. The molecule has 0 bridgehead atoms. The Labute approximate surface area is 95.5 Å². The van der Waals surface area contributed by atoms with Gasteiger partial charge in [0, 0.05) is 0 Å². The normalized spacial score (nSPS) is 9.58. The van der Waals surface area contributed by atoms with Crippen LogP contribution in [0.4, 0.5) is 0 Å². The van der Waals surface area contributed by atoms with Crippen molar-refractivity contribution in [2.75, 3.05) is 19.8 Å². The van der Waals surface area contributed by atoms with E-state index in [0.717, 1.165) is 0 Å². The van der Waals surface area contributed by atoms with Crippen LogP contribution in [0.3, 0.4) is 0 Å². The first-order valence-electron chi connectivity index (χ1n) is 3.65. The van der Waals surface area contributed by atoms with Gasteiger partial charge in [-0.3, -0.25) is 0 Å². The first-order chi connectivity index (χ1) is 5.85. The predicted molar refractivity (Wildman–Crippen MR) is 55.8 cm³/mol. The molecule has 3 nitrogen and oxygen atoms in total. The molecule has 12 heavy (non-hydrogen) atoms. The minimum atomic E-state index is -1.06.